The third kappa shape index (κ3) is 4.67. The third-order valence-electron chi connectivity index (χ3n) is 2.15. The Labute approximate surface area is 129 Å². The highest BCUT2D eigenvalue weighted by Gasteiger charge is 2.06. The fourth-order valence-electron chi connectivity index (χ4n) is 1.29. The van der Waals surface area contributed by atoms with Gasteiger partial charge < -0.3 is 9.64 Å². The van der Waals surface area contributed by atoms with Crippen molar-refractivity contribution in [2.45, 2.75) is 4.34 Å². The van der Waals surface area contributed by atoms with Crippen molar-refractivity contribution in [1.29, 1.82) is 0 Å². The Hall–Kier alpha value is -0.790. The van der Waals surface area contributed by atoms with E-state index in [1.807, 2.05) is 43.3 Å². The Kier molecular flexibility index (Phi) is 5.47. The van der Waals surface area contributed by atoms with Crippen molar-refractivity contribution < 1.29 is 4.74 Å². The van der Waals surface area contributed by atoms with Crippen LogP contribution in [0.3, 0.4) is 0 Å². The normalized spacial score (nSPS) is 10.5. The van der Waals surface area contributed by atoms with Crippen LogP contribution < -0.4 is 9.64 Å². The number of hydrogen-bond donors (Lipinski definition) is 0. The van der Waals surface area contributed by atoms with E-state index in [2.05, 4.69) is 26.1 Å². The maximum atomic E-state index is 5.66. The van der Waals surface area contributed by atoms with Gasteiger partial charge in [-0.25, -0.2) is 0 Å². The molecule has 2 rings (SSSR count). The number of anilines is 1. The topological polar surface area (TPSA) is 38.2 Å². The van der Waals surface area contributed by atoms with Gasteiger partial charge in [0.15, 0.2) is 4.34 Å². The van der Waals surface area contributed by atoms with E-state index in [1.54, 1.807) is 23.1 Å². The summed E-state index contributed by atoms with van der Waals surface area (Å²) in [6.45, 7) is 0.651. The molecule has 0 N–H and O–H groups in total. The highest BCUT2D eigenvalue weighted by molar-refractivity contribution is 9.10. The second kappa shape index (κ2) is 7.12. The molecule has 0 aliphatic rings. The van der Waals surface area contributed by atoms with Crippen molar-refractivity contribution in [2.75, 3.05) is 31.4 Å². The largest absolute Gasteiger partial charge is 0.493 e. The van der Waals surface area contributed by atoms with Crippen molar-refractivity contribution in [2.24, 2.45) is 0 Å². The summed E-state index contributed by atoms with van der Waals surface area (Å²) in [4.78, 5) is 1.96. The van der Waals surface area contributed by atoms with Crippen molar-refractivity contribution in [1.82, 2.24) is 10.2 Å². The fraction of sp³-hybridized carbons (Fsp3) is 0.333. The SMILES string of the molecule is CN(C)c1nnc(SCCOc2cccc(Br)c2)s1. The first-order chi connectivity index (χ1) is 9.15. The van der Waals surface area contributed by atoms with Crippen LogP contribution in [0, 0.1) is 0 Å². The van der Waals surface area contributed by atoms with Crippen molar-refractivity contribution in [3.05, 3.63) is 28.7 Å². The number of ether oxygens (including phenoxy) is 1. The van der Waals surface area contributed by atoms with Gasteiger partial charge in [-0.3, -0.25) is 0 Å². The molecule has 1 heterocycles. The van der Waals surface area contributed by atoms with E-state index in [9.17, 15) is 0 Å². The van der Waals surface area contributed by atoms with Crippen LogP contribution in [0.15, 0.2) is 33.1 Å². The molecule has 0 spiro atoms. The summed E-state index contributed by atoms with van der Waals surface area (Å²) in [5.74, 6) is 1.73. The van der Waals surface area contributed by atoms with Crippen LogP contribution >= 0.6 is 39.0 Å². The van der Waals surface area contributed by atoms with Crippen molar-refractivity contribution >= 4 is 44.2 Å². The molecular weight excluding hydrogens is 346 g/mol. The Morgan fingerprint density at radius 3 is 2.89 bits per heavy atom. The van der Waals surface area contributed by atoms with Crippen LogP contribution in [0.4, 0.5) is 5.13 Å². The van der Waals surface area contributed by atoms with Crippen LogP contribution in [0.2, 0.25) is 0 Å². The average molecular weight is 360 g/mol. The van der Waals surface area contributed by atoms with Crippen LogP contribution in [-0.4, -0.2) is 36.7 Å². The molecular formula is C12H14BrN3OS2. The molecule has 0 amide bonds. The van der Waals surface area contributed by atoms with E-state index < -0.39 is 0 Å². The van der Waals surface area contributed by atoms with Gasteiger partial charge in [0.05, 0.1) is 6.61 Å². The summed E-state index contributed by atoms with van der Waals surface area (Å²) in [6, 6.07) is 7.84. The summed E-state index contributed by atoms with van der Waals surface area (Å²) < 4.78 is 7.66. The third-order valence-corrected chi connectivity index (χ3v) is 4.83. The van der Waals surface area contributed by atoms with Gasteiger partial charge in [0, 0.05) is 24.3 Å². The molecule has 2 aromatic rings. The molecule has 0 aliphatic heterocycles. The molecule has 0 aliphatic carbocycles. The zero-order valence-corrected chi connectivity index (χ0v) is 13.9. The molecule has 4 nitrogen and oxygen atoms in total. The molecule has 0 unspecified atom stereocenters. The van der Waals surface area contributed by atoms with Gasteiger partial charge in [-0.2, -0.15) is 0 Å². The van der Waals surface area contributed by atoms with E-state index in [-0.39, 0.29) is 0 Å². The Morgan fingerprint density at radius 2 is 2.21 bits per heavy atom. The first-order valence-corrected chi connectivity index (χ1v) is 8.26. The first-order valence-electron chi connectivity index (χ1n) is 5.67. The molecule has 1 aromatic heterocycles. The molecule has 0 atom stereocenters. The lowest BCUT2D eigenvalue weighted by atomic mass is 10.3. The van der Waals surface area contributed by atoms with Crippen LogP contribution in [0.1, 0.15) is 0 Å². The van der Waals surface area contributed by atoms with E-state index in [4.69, 9.17) is 4.74 Å². The van der Waals surface area contributed by atoms with Crippen LogP contribution in [-0.2, 0) is 0 Å². The number of benzene rings is 1. The highest BCUT2D eigenvalue weighted by atomic mass is 79.9. The van der Waals surface area contributed by atoms with E-state index in [0.29, 0.717) is 6.61 Å². The molecule has 0 saturated carbocycles. The van der Waals surface area contributed by atoms with Gasteiger partial charge in [0.2, 0.25) is 5.13 Å². The number of hydrogen-bond acceptors (Lipinski definition) is 6. The van der Waals surface area contributed by atoms with Crippen LogP contribution in [0.5, 0.6) is 5.75 Å². The molecule has 0 radical (unpaired) electrons. The summed E-state index contributed by atoms with van der Waals surface area (Å²) >= 11 is 6.67. The predicted molar refractivity (Wildman–Crippen MR) is 84.6 cm³/mol. The predicted octanol–water partition coefficient (Wildman–Crippen LogP) is 3.54. The van der Waals surface area contributed by atoms with Gasteiger partial charge in [0.1, 0.15) is 5.75 Å². The summed E-state index contributed by atoms with van der Waals surface area (Å²) in [5.41, 5.74) is 0. The summed E-state index contributed by atoms with van der Waals surface area (Å²) in [7, 11) is 3.93. The number of aromatic nitrogens is 2. The molecule has 102 valence electrons. The monoisotopic (exact) mass is 359 g/mol. The number of halogens is 1. The zero-order valence-electron chi connectivity index (χ0n) is 10.7. The second-order valence-electron chi connectivity index (χ2n) is 3.90. The maximum Gasteiger partial charge on any atom is 0.208 e. The first kappa shape index (κ1) is 14.6. The number of thioether (sulfide) groups is 1. The van der Waals surface area contributed by atoms with Crippen molar-refractivity contribution in [3.8, 4) is 5.75 Å². The average Bonchev–Trinajstić information content (AvgIpc) is 2.84. The molecule has 0 saturated heterocycles. The minimum Gasteiger partial charge on any atom is -0.493 e. The lowest BCUT2D eigenvalue weighted by molar-refractivity contribution is 0.344. The van der Waals surface area contributed by atoms with Crippen molar-refractivity contribution in [3.63, 3.8) is 0 Å². The molecule has 0 bridgehead atoms. The Balaban J connectivity index is 1.74. The van der Waals surface area contributed by atoms with Gasteiger partial charge in [-0.1, -0.05) is 45.1 Å². The molecule has 19 heavy (non-hydrogen) atoms. The zero-order chi connectivity index (χ0) is 13.7. The van der Waals surface area contributed by atoms with E-state index >= 15 is 0 Å². The lowest BCUT2D eigenvalue weighted by Crippen LogP contribution is -2.07. The fourth-order valence-corrected chi connectivity index (χ4v) is 3.32. The Bertz CT molecular complexity index is 533. The molecule has 1 aromatic carbocycles. The van der Waals surface area contributed by atoms with Gasteiger partial charge >= 0.3 is 0 Å². The minimum atomic E-state index is 0.651. The minimum absolute atomic E-state index is 0.651. The van der Waals surface area contributed by atoms with Gasteiger partial charge in [0.25, 0.3) is 0 Å². The Morgan fingerprint density at radius 1 is 1.37 bits per heavy atom. The summed E-state index contributed by atoms with van der Waals surface area (Å²) in [5, 5.41) is 9.14. The quantitative estimate of drug-likeness (QED) is 0.582. The standard InChI is InChI=1S/C12H14BrN3OS2/c1-16(2)11-14-15-12(19-11)18-7-6-17-10-5-3-4-9(13)8-10/h3-5,8H,6-7H2,1-2H3. The highest BCUT2D eigenvalue weighted by Crippen LogP contribution is 2.26. The smallest absolute Gasteiger partial charge is 0.208 e. The van der Waals surface area contributed by atoms with Crippen LogP contribution in [0.25, 0.3) is 0 Å². The van der Waals surface area contributed by atoms with E-state index in [1.165, 1.54) is 0 Å². The molecule has 0 fully saturated rings. The number of nitrogens with zero attached hydrogens (tertiary/aromatic N) is 3. The van der Waals surface area contributed by atoms with Gasteiger partial charge in [-0.05, 0) is 18.2 Å². The van der Waals surface area contributed by atoms with E-state index in [0.717, 1.165) is 25.4 Å². The van der Waals surface area contributed by atoms with Gasteiger partial charge in [-0.15, -0.1) is 10.2 Å². The summed E-state index contributed by atoms with van der Waals surface area (Å²) in [6.07, 6.45) is 0. The number of rotatable bonds is 6. The molecule has 7 heteroatoms. The second-order valence-corrected chi connectivity index (χ2v) is 7.11. The lowest BCUT2D eigenvalue weighted by Gasteiger charge is -2.05. The maximum absolute atomic E-state index is 5.66.